The molecule has 0 heteroatoms. The molecule has 2 unspecified atom stereocenters. The van der Waals surface area contributed by atoms with Crippen LogP contribution in [0.15, 0.2) is 48.5 Å². The minimum absolute atomic E-state index is 0. The molecule has 0 radical (unpaired) electrons. The summed E-state index contributed by atoms with van der Waals surface area (Å²) in [7, 11) is 0. The molecule has 0 N–H and O–H groups in total. The predicted octanol–water partition coefficient (Wildman–Crippen LogP) is 17.7. The molecule has 3 fully saturated rings. The van der Waals surface area contributed by atoms with Crippen molar-refractivity contribution in [2.24, 2.45) is 40.4 Å². The fraction of sp³-hybridized carbons (Fsp3) is 0.774. The van der Waals surface area contributed by atoms with Crippen molar-refractivity contribution in [3.05, 3.63) is 70.8 Å². The van der Waals surface area contributed by atoms with Gasteiger partial charge in [0.15, 0.2) is 0 Å². The number of rotatable bonds is 8. The van der Waals surface area contributed by atoms with Gasteiger partial charge in [-0.1, -0.05) is 217 Å². The Morgan fingerprint density at radius 2 is 0.849 bits per heavy atom. The third kappa shape index (κ3) is 22.6. The highest BCUT2D eigenvalue weighted by molar-refractivity contribution is 5.23. The van der Waals surface area contributed by atoms with Gasteiger partial charge in [-0.2, -0.15) is 0 Å². The summed E-state index contributed by atoms with van der Waals surface area (Å²) in [5, 5.41) is 0. The maximum atomic E-state index is 2.41. The van der Waals surface area contributed by atoms with Crippen LogP contribution in [0.4, 0.5) is 0 Å². The van der Waals surface area contributed by atoms with E-state index in [0.29, 0.717) is 10.8 Å². The number of hydrogen-bond donors (Lipinski definition) is 0. The quantitative estimate of drug-likeness (QED) is 0.253. The maximum Gasteiger partial charge on any atom is -0.0307 e. The monoisotopic (exact) mass is 733 g/mol. The van der Waals surface area contributed by atoms with E-state index in [2.05, 4.69) is 139 Å². The van der Waals surface area contributed by atoms with Crippen LogP contribution < -0.4 is 0 Å². The molecule has 5 rings (SSSR count). The van der Waals surface area contributed by atoms with E-state index in [1.54, 1.807) is 0 Å². The second-order valence-electron chi connectivity index (χ2n) is 18.8. The first-order valence-electron chi connectivity index (χ1n) is 22.9. The van der Waals surface area contributed by atoms with Crippen LogP contribution in [0.1, 0.15) is 222 Å². The zero-order chi connectivity index (χ0) is 39.0. The Bertz CT molecular complexity index is 1030. The Labute approximate surface area is 335 Å². The summed E-state index contributed by atoms with van der Waals surface area (Å²) in [4.78, 5) is 0. The van der Waals surface area contributed by atoms with Crippen LogP contribution >= 0.6 is 0 Å². The number of aryl methyl sites for hydroxylation is 4. The first-order chi connectivity index (χ1) is 24.8. The van der Waals surface area contributed by atoms with E-state index < -0.39 is 0 Å². The highest BCUT2D eigenvalue weighted by atomic mass is 14.4. The summed E-state index contributed by atoms with van der Waals surface area (Å²) >= 11 is 0. The van der Waals surface area contributed by atoms with Gasteiger partial charge in [-0.3, -0.25) is 0 Å². The molecule has 3 aliphatic rings. The van der Waals surface area contributed by atoms with Crippen LogP contribution in [0.3, 0.4) is 0 Å². The van der Waals surface area contributed by atoms with E-state index in [0.717, 1.165) is 55.3 Å². The van der Waals surface area contributed by atoms with E-state index in [4.69, 9.17) is 0 Å². The van der Waals surface area contributed by atoms with Gasteiger partial charge in [-0.05, 0) is 120 Å². The Kier molecular flexibility index (Phi) is 27.9. The molecule has 0 bridgehead atoms. The third-order valence-electron chi connectivity index (χ3n) is 13.4. The Morgan fingerprint density at radius 3 is 1.15 bits per heavy atom. The molecule has 0 aliphatic heterocycles. The summed E-state index contributed by atoms with van der Waals surface area (Å²) in [6, 6.07) is 17.6. The molecule has 53 heavy (non-hydrogen) atoms. The highest BCUT2D eigenvalue weighted by Gasteiger charge is 2.32. The zero-order valence-corrected chi connectivity index (χ0v) is 37.6. The standard InChI is InChI=1S/C12H24.C10H20.C10H14.C10H20.C10H14.CH4/c1-11(2,3)10-6-8-12(4,5)9-7-10;2*1-3-9-5-7-10(4-2)8-6-9;2*1-3-9-6-5-7-10(4-2)8-9;/h10H,6-9H2,1-5H3;9-10H,3-8H2,1-2H3;5-8H,3-4H2,1-2H3;9-10H,3-8H2,1-2H3;5-8H,3-4H2,1-2H3;1H4. The lowest BCUT2D eigenvalue weighted by atomic mass is 9.65. The van der Waals surface area contributed by atoms with Crippen LogP contribution in [-0.4, -0.2) is 0 Å². The second kappa shape index (κ2) is 28.8. The van der Waals surface area contributed by atoms with Gasteiger partial charge in [0.25, 0.3) is 0 Å². The SMILES string of the molecule is C.CC1(C)CCC(C(C)(C)C)CC1.CCC1CCC(CC)CC1.CCC1CCCC(CC)C1.CCc1ccc(CC)cc1.CCc1cccc(CC)c1. The molecular formula is C53H96. The van der Waals surface area contributed by atoms with Gasteiger partial charge in [-0.15, -0.1) is 0 Å². The molecule has 0 aromatic heterocycles. The highest BCUT2D eigenvalue weighted by Crippen LogP contribution is 2.44. The average molecular weight is 733 g/mol. The van der Waals surface area contributed by atoms with Crippen LogP contribution in [0.2, 0.25) is 0 Å². The molecular weight excluding hydrogens is 637 g/mol. The Hall–Kier alpha value is -1.56. The van der Waals surface area contributed by atoms with Gasteiger partial charge in [-0.25, -0.2) is 0 Å². The van der Waals surface area contributed by atoms with E-state index in [9.17, 15) is 0 Å². The lowest BCUT2D eigenvalue weighted by molar-refractivity contribution is 0.111. The van der Waals surface area contributed by atoms with Crippen LogP contribution in [-0.2, 0) is 25.7 Å². The summed E-state index contributed by atoms with van der Waals surface area (Å²) in [5.74, 6) is 5.24. The first-order valence-corrected chi connectivity index (χ1v) is 22.9. The fourth-order valence-corrected chi connectivity index (χ4v) is 8.54. The topological polar surface area (TPSA) is 0 Å². The maximum absolute atomic E-state index is 2.41. The largest absolute Gasteiger partial charge is 0.0776 e. The van der Waals surface area contributed by atoms with E-state index in [1.165, 1.54) is 125 Å². The van der Waals surface area contributed by atoms with Crippen molar-refractivity contribution in [1.29, 1.82) is 0 Å². The number of benzene rings is 2. The van der Waals surface area contributed by atoms with Crippen LogP contribution in [0.5, 0.6) is 0 Å². The molecule has 308 valence electrons. The normalized spacial score (nSPS) is 22.4. The minimum atomic E-state index is 0. The van der Waals surface area contributed by atoms with Crippen molar-refractivity contribution in [2.75, 3.05) is 0 Å². The molecule has 0 nitrogen and oxygen atoms in total. The van der Waals surface area contributed by atoms with Crippen molar-refractivity contribution in [3.8, 4) is 0 Å². The third-order valence-corrected chi connectivity index (χ3v) is 13.4. The molecule has 0 heterocycles. The van der Waals surface area contributed by atoms with Crippen molar-refractivity contribution in [3.63, 3.8) is 0 Å². The first kappa shape index (κ1) is 51.4. The van der Waals surface area contributed by atoms with Crippen LogP contribution in [0.25, 0.3) is 0 Å². The molecule has 2 aromatic carbocycles. The molecule has 0 saturated heterocycles. The van der Waals surface area contributed by atoms with Gasteiger partial charge < -0.3 is 0 Å². The summed E-state index contributed by atoms with van der Waals surface area (Å²) in [5.41, 5.74) is 6.91. The lowest BCUT2D eigenvalue weighted by Gasteiger charge is -2.40. The van der Waals surface area contributed by atoms with Gasteiger partial charge >= 0.3 is 0 Å². The molecule has 3 aliphatic carbocycles. The Morgan fingerprint density at radius 1 is 0.491 bits per heavy atom. The summed E-state index contributed by atoms with van der Waals surface area (Å²) in [6.45, 7) is 30.0. The second-order valence-corrected chi connectivity index (χ2v) is 18.8. The van der Waals surface area contributed by atoms with E-state index >= 15 is 0 Å². The van der Waals surface area contributed by atoms with Crippen molar-refractivity contribution in [1.82, 2.24) is 0 Å². The van der Waals surface area contributed by atoms with E-state index in [-0.39, 0.29) is 7.43 Å². The molecule has 2 atom stereocenters. The molecule has 0 spiro atoms. The van der Waals surface area contributed by atoms with Gasteiger partial charge in [0.2, 0.25) is 0 Å². The number of hydrogen-bond acceptors (Lipinski definition) is 0. The van der Waals surface area contributed by atoms with Crippen molar-refractivity contribution >= 4 is 0 Å². The molecule has 3 saturated carbocycles. The smallest absolute Gasteiger partial charge is 0.0307 e. The predicted molar refractivity (Wildman–Crippen MR) is 244 cm³/mol. The lowest BCUT2D eigenvalue weighted by Crippen LogP contribution is -2.29. The van der Waals surface area contributed by atoms with Crippen LogP contribution in [0, 0.1) is 40.4 Å². The summed E-state index contributed by atoms with van der Waals surface area (Å²) in [6.07, 6.45) is 28.0. The van der Waals surface area contributed by atoms with E-state index in [1.807, 2.05) is 0 Å². The Balaban J connectivity index is 0.000000636. The van der Waals surface area contributed by atoms with Gasteiger partial charge in [0, 0.05) is 0 Å². The average Bonchev–Trinajstić information content (AvgIpc) is 3.18. The molecule has 0 amide bonds. The minimum Gasteiger partial charge on any atom is -0.0776 e. The molecule has 2 aromatic rings. The van der Waals surface area contributed by atoms with Gasteiger partial charge in [0.05, 0.1) is 0 Å². The zero-order valence-electron chi connectivity index (χ0n) is 37.6. The summed E-state index contributed by atoms with van der Waals surface area (Å²) < 4.78 is 0. The van der Waals surface area contributed by atoms with Crippen molar-refractivity contribution < 1.29 is 0 Å². The fourth-order valence-electron chi connectivity index (χ4n) is 8.54. The van der Waals surface area contributed by atoms with Crippen molar-refractivity contribution in [2.45, 2.75) is 226 Å². The van der Waals surface area contributed by atoms with Gasteiger partial charge in [0.1, 0.15) is 0 Å².